The maximum Gasteiger partial charge on any atom is 0.157 e. The summed E-state index contributed by atoms with van der Waals surface area (Å²) in [4.78, 5) is 19.2. The Labute approximate surface area is 110 Å². The van der Waals surface area contributed by atoms with Crippen LogP contribution in [0, 0.1) is 6.92 Å². The van der Waals surface area contributed by atoms with Gasteiger partial charge in [-0.25, -0.2) is 14.6 Å². The highest BCUT2D eigenvalue weighted by Gasteiger charge is 2.19. The molecule has 0 saturated heterocycles. The molecule has 0 N–H and O–H groups in total. The van der Waals surface area contributed by atoms with Gasteiger partial charge in [0.25, 0.3) is 0 Å². The normalized spacial score (nSPS) is 10.6. The molecule has 17 heavy (non-hydrogen) atoms. The minimum atomic E-state index is 0.121. The molecule has 0 aliphatic carbocycles. The molecule has 0 unspecified atom stereocenters. The number of nitrogens with zero attached hydrogens (tertiary/aromatic N) is 5. The first-order valence-corrected chi connectivity index (χ1v) is 5.76. The molecule has 0 aromatic carbocycles. The standard InChI is InChI=1S/C9H7BrClN5O/c1-4-12-6(5(3-17)9(11)13-4)7-8(10)14-15-16(7)2/h3H,1-2H3. The molecule has 2 aromatic heterocycles. The number of rotatable bonds is 2. The van der Waals surface area contributed by atoms with E-state index in [9.17, 15) is 4.79 Å². The summed E-state index contributed by atoms with van der Waals surface area (Å²) in [7, 11) is 1.70. The van der Waals surface area contributed by atoms with Crippen molar-refractivity contribution in [3.63, 3.8) is 0 Å². The fourth-order valence-electron chi connectivity index (χ4n) is 1.41. The Hall–Kier alpha value is -1.34. The first-order valence-electron chi connectivity index (χ1n) is 4.59. The van der Waals surface area contributed by atoms with Crippen LogP contribution >= 0.6 is 27.5 Å². The van der Waals surface area contributed by atoms with Crippen molar-refractivity contribution < 1.29 is 4.79 Å². The van der Waals surface area contributed by atoms with Crippen LogP contribution < -0.4 is 0 Å². The van der Waals surface area contributed by atoms with Crippen LogP contribution in [-0.4, -0.2) is 31.2 Å². The Morgan fingerprint density at radius 1 is 1.41 bits per heavy atom. The number of aldehydes is 1. The van der Waals surface area contributed by atoms with Crippen molar-refractivity contribution in [3.05, 3.63) is 21.1 Å². The first-order chi connectivity index (χ1) is 8.04. The lowest BCUT2D eigenvalue weighted by molar-refractivity contribution is 0.112. The van der Waals surface area contributed by atoms with E-state index in [2.05, 4.69) is 36.2 Å². The van der Waals surface area contributed by atoms with Gasteiger partial charge in [-0.15, -0.1) is 5.10 Å². The number of hydrogen-bond acceptors (Lipinski definition) is 5. The second kappa shape index (κ2) is 4.50. The van der Waals surface area contributed by atoms with Crippen molar-refractivity contribution in [1.82, 2.24) is 25.0 Å². The summed E-state index contributed by atoms with van der Waals surface area (Å²) in [5.74, 6) is 0.476. The molecular weight excluding hydrogens is 309 g/mol. The molecule has 0 saturated carbocycles. The van der Waals surface area contributed by atoms with E-state index in [1.165, 1.54) is 4.68 Å². The van der Waals surface area contributed by atoms with Crippen LogP contribution in [0.3, 0.4) is 0 Å². The summed E-state index contributed by atoms with van der Waals surface area (Å²) < 4.78 is 2.01. The Kier molecular flexibility index (Phi) is 3.21. The van der Waals surface area contributed by atoms with Crippen LogP contribution in [0.15, 0.2) is 4.60 Å². The van der Waals surface area contributed by atoms with Gasteiger partial charge in [-0.1, -0.05) is 16.8 Å². The lowest BCUT2D eigenvalue weighted by Gasteiger charge is -2.06. The van der Waals surface area contributed by atoms with E-state index in [4.69, 9.17) is 11.6 Å². The molecule has 0 fully saturated rings. The average Bonchev–Trinajstić information content (AvgIpc) is 2.57. The maximum atomic E-state index is 11.0. The predicted octanol–water partition coefficient (Wildman–Crippen LogP) is 1.81. The Morgan fingerprint density at radius 3 is 2.65 bits per heavy atom. The molecule has 2 rings (SSSR count). The Morgan fingerprint density at radius 2 is 2.12 bits per heavy atom. The fraction of sp³-hybridized carbons (Fsp3) is 0.222. The highest BCUT2D eigenvalue weighted by atomic mass is 79.9. The van der Waals surface area contributed by atoms with Gasteiger partial charge in [-0.3, -0.25) is 4.79 Å². The monoisotopic (exact) mass is 315 g/mol. The lowest BCUT2D eigenvalue weighted by Crippen LogP contribution is -2.03. The van der Waals surface area contributed by atoms with Gasteiger partial charge >= 0.3 is 0 Å². The molecule has 6 nitrogen and oxygen atoms in total. The zero-order chi connectivity index (χ0) is 12.6. The molecule has 2 heterocycles. The molecule has 0 spiro atoms. The number of aromatic nitrogens is 5. The summed E-state index contributed by atoms with van der Waals surface area (Å²) in [5, 5.41) is 7.79. The second-order valence-electron chi connectivity index (χ2n) is 3.29. The Bertz CT molecular complexity index is 578. The van der Waals surface area contributed by atoms with E-state index in [0.717, 1.165) is 0 Å². The molecule has 2 aromatic rings. The number of hydrogen-bond donors (Lipinski definition) is 0. The summed E-state index contributed by atoms with van der Waals surface area (Å²) >= 11 is 9.16. The molecule has 0 atom stereocenters. The van der Waals surface area contributed by atoms with Crippen LogP contribution in [0.5, 0.6) is 0 Å². The molecular formula is C9H7BrClN5O. The topological polar surface area (TPSA) is 73.6 Å². The highest BCUT2D eigenvalue weighted by molar-refractivity contribution is 9.10. The molecule has 0 amide bonds. The summed E-state index contributed by atoms with van der Waals surface area (Å²) in [5.41, 5.74) is 1.22. The van der Waals surface area contributed by atoms with Gasteiger partial charge in [-0.2, -0.15) is 0 Å². The largest absolute Gasteiger partial charge is 0.298 e. The molecule has 8 heteroatoms. The zero-order valence-corrected chi connectivity index (χ0v) is 11.3. The third kappa shape index (κ3) is 2.07. The van der Waals surface area contributed by atoms with Crippen molar-refractivity contribution in [2.45, 2.75) is 6.92 Å². The van der Waals surface area contributed by atoms with Gasteiger partial charge in [0.1, 0.15) is 22.4 Å². The SMILES string of the molecule is Cc1nc(Cl)c(C=O)c(-c2c(Br)nnn2C)n1. The highest BCUT2D eigenvalue weighted by Crippen LogP contribution is 2.29. The number of carbonyl (C=O) groups is 1. The van der Waals surface area contributed by atoms with Crippen LogP contribution in [0.25, 0.3) is 11.4 Å². The van der Waals surface area contributed by atoms with Crippen molar-refractivity contribution >= 4 is 33.8 Å². The van der Waals surface area contributed by atoms with Crippen LogP contribution in [0.4, 0.5) is 0 Å². The third-order valence-corrected chi connectivity index (χ3v) is 2.96. The van der Waals surface area contributed by atoms with Crippen molar-refractivity contribution in [2.75, 3.05) is 0 Å². The molecule has 0 radical (unpaired) electrons. The number of carbonyl (C=O) groups excluding carboxylic acids is 1. The average molecular weight is 317 g/mol. The minimum Gasteiger partial charge on any atom is -0.298 e. The van der Waals surface area contributed by atoms with Crippen LogP contribution in [0.2, 0.25) is 5.15 Å². The summed E-state index contributed by atoms with van der Waals surface area (Å²) in [6, 6.07) is 0. The van der Waals surface area contributed by atoms with Gasteiger partial charge in [0, 0.05) is 7.05 Å². The van der Waals surface area contributed by atoms with E-state index < -0.39 is 0 Å². The van der Waals surface area contributed by atoms with Crippen LogP contribution in [-0.2, 0) is 7.05 Å². The molecule has 0 aliphatic heterocycles. The molecule has 0 bridgehead atoms. The van der Waals surface area contributed by atoms with Gasteiger partial charge in [0.2, 0.25) is 0 Å². The third-order valence-electron chi connectivity index (χ3n) is 2.14. The molecule has 0 aliphatic rings. The van der Waals surface area contributed by atoms with Gasteiger partial charge in [-0.05, 0) is 22.9 Å². The smallest absolute Gasteiger partial charge is 0.157 e. The van der Waals surface area contributed by atoms with E-state index in [1.807, 2.05) is 0 Å². The lowest BCUT2D eigenvalue weighted by atomic mass is 10.2. The van der Waals surface area contributed by atoms with Gasteiger partial charge in [0.05, 0.1) is 5.56 Å². The van der Waals surface area contributed by atoms with Gasteiger partial charge < -0.3 is 0 Å². The number of aryl methyl sites for hydroxylation is 2. The van der Waals surface area contributed by atoms with Crippen molar-refractivity contribution in [1.29, 1.82) is 0 Å². The summed E-state index contributed by atoms with van der Waals surface area (Å²) in [6.07, 6.45) is 0.622. The first kappa shape index (κ1) is 12.1. The van der Waals surface area contributed by atoms with E-state index in [1.54, 1.807) is 14.0 Å². The minimum absolute atomic E-state index is 0.121. The van der Waals surface area contributed by atoms with E-state index >= 15 is 0 Å². The maximum absolute atomic E-state index is 11.0. The molecule has 88 valence electrons. The second-order valence-corrected chi connectivity index (χ2v) is 4.40. The van der Waals surface area contributed by atoms with Crippen molar-refractivity contribution in [3.8, 4) is 11.4 Å². The van der Waals surface area contributed by atoms with Gasteiger partial charge in [0.15, 0.2) is 10.9 Å². The van der Waals surface area contributed by atoms with E-state index in [-0.39, 0.29) is 10.7 Å². The zero-order valence-electron chi connectivity index (χ0n) is 8.98. The predicted molar refractivity (Wildman–Crippen MR) is 64.9 cm³/mol. The van der Waals surface area contributed by atoms with E-state index in [0.29, 0.717) is 28.1 Å². The van der Waals surface area contributed by atoms with Crippen molar-refractivity contribution in [2.24, 2.45) is 7.05 Å². The number of halogens is 2. The quantitative estimate of drug-likeness (QED) is 0.624. The van der Waals surface area contributed by atoms with Crippen LogP contribution in [0.1, 0.15) is 16.2 Å². The fourth-order valence-corrected chi connectivity index (χ4v) is 2.19. The summed E-state index contributed by atoms with van der Waals surface area (Å²) in [6.45, 7) is 1.70. The Balaban J connectivity index is 2.79.